The van der Waals surface area contributed by atoms with Gasteiger partial charge in [0, 0.05) is 0 Å². The lowest BCUT2D eigenvalue weighted by molar-refractivity contribution is -0.883. The Morgan fingerprint density at radius 1 is 0.290 bits per heavy atom. The van der Waals surface area contributed by atoms with Crippen LogP contribution in [-0.4, -0.2) is 177 Å². The van der Waals surface area contributed by atoms with Crippen molar-refractivity contribution in [3.63, 3.8) is 0 Å². The molecular weight excluding hydrogens is 1140 g/mol. The number of quaternary nitrogens is 4. The first-order chi connectivity index (χ1) is 30.6. The van der Waals surface area contributed by atoms with Crippen molar-refractivity contribution in [2.75, 3.05) is 135 Å². The maximum Gasteiger partial charge on any atom is 0.361 e. The molecule has 0 atom stereocenters. The van der Waals surface area contributed by atoms with Gasteiger partial charge < -0.3 is 105 Å². The molecule has 0 saturated heterocycles. The zero-order chi connectivity index (χ0) is 49.1. The second-order valence-corrected chi connectivity index (χ2v) is 22.5. The van der Waals surface area contributed by atoms with Crippen LogP contribution in [0.1, 0.15) is 182 Å². The van der Waals surface area contributed by atoms with Crippen molar-refractivity contribution in [1.82, 2.24) is 0 Å². The summed E-state index contributed by atoms with van der Waals surface area (Å²) in [7, 11) is 16.3. The van der Waals surface area contributed by atoms with Crippen LogP contribution in [0.2, 0.25) is 0 Å². The molecule has 0 rings (SSSR count). The zero-order valence-electron chi connectivity index (χ0n) is 46.5. The smallest absolute Gasteiger partial charge is 0.361 e. The summed E-state index contributed by atoms with van der Waals surface area (Å²) in [6.45, 7) is 11.9. The summed E-state index contributed by atoms with van der Waals surface area (Å²) in [6, 6.07) is 0. The first-order valence-electron chi connectivity index (χ1n) is 26.6. The molecule has 0 radical (unpaired) electrons. The van der Waals surface area contributed by atoms with Gasteiger partial charge in [0.15, 0.2) is 26.2 Å². The number of ether oxygens (including phenoxy) is 4. The molecule has 0 amide bonds. The van der Waals surface area contributed by atoms with Crippen LogP contribution in [0.4, 0.5) is 0 Å². The summed E-state index contributed by atoms with van der Waals surface area (Å²) in [5.41, 5.74) is -1.31. The first kappa shape index (κ1) is 77.5. The summed E-state index contributed by atoms with van der Waals surface area (Å²) in [5.74, 6) is -1.61. The number of carbonyl (C=O) groups excluding carboxylic acids is 4. The lowest BCUT2D eigenvalue weighted by Gasteiger charge is -2.35. The van der Waals surface area contributed by atoms with Gasteiger partial charge in [-0.15, -0.1) is 0 Å². The second kappa shape index (κ2) is 45.1. The van der Waals surface area contributed by atoms with Crippen molar-refractivity contribution in [2.24, 2.45) is 5.41 Å². The first-order valence-corrected chi connectivity index (χ1v) is 26.6. The van der Waals surface area contributed by atoms with Crippen LogP contribution >= 0.6 is 0 Å². The molecule has 0 bridgehead atoms. The van der Waals surface area contributed by atoms with E-state index in [-0.39, 0.29) is 121 Å². The molecule has 16 heteroatoms. The normalized spacial score (nSPS) is 11.9. The van der Waals surface area contributed by atoms with E-state index in [4.69, 9.17) is 18.9 Å². The Kier molecular flexibility index (Phi) is 50.6. The highest BCUT2D eigenvalue weighted by molar-refractivity contribution is 5.72. The summed E-state index contributed by atoms with van der Waals surface area (Å²) in [5, 5.41) is 0. The molecule has 0 fully saturated rings. The average Bonchev–Trinajstić information content (AvgIpc) is 3.21. The zero-order valence-corrected chi connectivity index (χ0v) is 52.9. The second-order valence-electron chi connectivity index (χ2n) is 22.5. The summed E-state index contributed by atoms with van der Waals surface area (Å²) >= 11 is 0. The van der Waals surface area contributed by atoms with Crippen LogP contribution in [0.25, 0.3) is 0 Å². The molecule has 0 heterocycles. The minimum atomic E-state index is -1.31. The van der Waals surface area contributed by atoms with Crippen LogP contribution < -0.4 is 67.9 Å². The van der Waals surface area contributed by atoms with E-state index in [9.17, 15) is 19.2 Å². The molecule has 0 N–H and O–H groups in total. The van der Waals surface area contributed by atoms with Crippen molar-refractivity contribution in [2.45, 2.75) is 182 Å². The van der Waals surface area contributed by atoms with Crippen molar-refractivity contribution < 1.29 is 124 Å². The summed E-state index contributed by atoms with van der Waals surface area (Å²) in [6.07, 6.45) is 28.1. The molecule has 0 aromatic heterocycles. The molecule has 0 spiro atoms. The van der Waals surface area contributed by atoms with Gasteiger partial charge in [0.1, 0.15) is 31.8 Å². The largest absolute Gasteiger partial charge is 1.00 e. The lowest BCUT2D eigenvalue weighted by atomic mass is 9.92. The maximum absolute atomic E-state index is 13.6. The number of halogens is 4. The molecule has 0 aliphatic carbocycles. The number of hydrogen-bond donors (Lipinski definition) is 0. The van der Waals surface area contributed by atoms with Crippen LogP contribution in [-0.2, 0) is 38.1 Å². The van der Waals surface area contributed by atoms with Crippen molar-refractivity contribution in [3.8, 4) is 0 Å². The topological polar surface area (TPSA) is 105 Å². The summed E-state index contributed by atoms with van der Waals surface area (Å²) in [4.78, 5) is 54.6. The molecule has 12 nitrogen and oxygen atoms in total. The van der Waals surface area contributed by atoms with Crippen LogP contribution in [0.5, 0.6) is 0 Å². The minimum absolute atomic E-state index is 0. The molecule has 416 valence electrons. The average molecular weight is 1250 g/mol. The predicted octanol–water partition coefficient (Wildman–Crippen LogP) is -2.09. The number of rotatable bonds is 44. The van der Waals surface area contributed by atoms with Gasteiger partial charge in [0.05, 0.1) is 82.6 Å². The third-order valence-corrected chi connectivity index (χ3v) is 12.9. The van der Waals surface area contributed by atoms with Crippen LogP contribution in [0, 0.1) is 5.41 Å². The van der Waals surface area contributed by atoms with Crippen molar-refractivity contribution >= 4 is 23.9 Å². The van der Waals surface area contributed by atoms with Gasteiger partial charge in [0.25, 0.3) is 0 Å². The Bertz CT molecular complexity index is 1090. The fraction of sp³-hybridized carbons (Fsp3) is 0.925. The van der Waals surface area contributed by atoms with E-state index in [0.717, 1.165) is 77.5 Å². The van der Waals surface area contributed by atoms with Crippen molar-refractivity contribution in [3.05, 3.63) is 0 Å². The summed E-state index contributed by atoms with van der Waals surface area (Å²) < 4.78 is 26.1. The third kappa shape index (κ3) is 45.9. The van der Waals surface area contributed by atoms with Gasteiger partial charge in [0.2, 0.25) is 0 Å². The number of carbonyl (C=O) groups is 4. The van der Waals surface area contributed by atoms with E-state index in [0.29, 0.717) is 17.9 Å². The molecule has 0 aliphatic rings. The molecule has 0 aromatic carbocycles. The number of nitrogens with zero attached hydrogens (tertiary/aromatic N) is 4. The van der Waals surface area contributed by atoms with Gasteiger partial charge in [-0.25, -0.2) is 19.2 Å². The van der Waals surface area contributed by atoms with E-state index in [1.54, 1.807) is 0 Å². The van der Waals surface area contributed by atoms with Gasteiger partial charge in [-0.1, -0.05) is 130 Å². The Balaban J connectivity index is -0.00000341. The fourth-order valence-corrected chi connectivity index (χ4v) is 8.36. The van der Waals surface area contributed by atoms with Crippen LogP contribution in [0.15, 0.2) is 0 Å². The fourth-order valence-electron chi connectivity index (χ4n) is 8.36. The van der Waals surface area contributed by atoms with E-state index in [2.05, 4.69) is 27.7 Å². The minimum Gasteiger partial charge on any atom is -1.00 e. The van der Waals surface area contributed by atoms with Gasteiger partial charge in [-0.3, -0.25) is 0 Å². The van der Waals surface area contributed by atoms with Crippen molar-refractivity contribution in [1.29, 1.82) is 0 Å². The predicted molar refractivity (Wildman–Crippen MR) is 267 cm³/mol. The Labute approximate surface area is 467 Å². The molecule has 0 aromatic rings. The van der Waals surface area contributed by atoms with Crippen LogP contribution in [0.3, 0.4) is 0 Å². The highest BCUT2D eigenvalue weighted by atomic mass is 79.9. The molecular formula is C53H108Br4N4O8. The monoisotopic (exact) mass is 1240 g/mol. The SMILES string of the molecule is CCCCCCCC[N+](C)(C)CC(=O)OCC(COC(=O)C[N+](C)(C)CCCCCCCC)(COC(=O)C[N+](C)(C)CCCCCCCC)COC(=O)C[N+](C)(C)CCCCCCCC.[Br-].[Br-].[Br-].[Br-]. The van der Waals surface area contributed by atoms with E-state index >= 15 is 0 Å². The Morgan fingerprint density at radius 3 is 0.623 bits per heavy atom. The number of unbranched alkanes of at least 4 members (excludes halogenated alkanes) is 20. The number of hydrogen-bond acceptors (Lipinski definition) is 8. The Morgan fingerprint density at radius 2 is 0.449 bits per heavy atom. The number of esters is 4. The third-order valence-electron chi connectivity index (χ3n) is 12.9. The number of likely N-dealkylation sites (N-methyl/N-ethyl adjacent to an activating group) is 4. The highest BCUT2D eigenvalue weighted by Gasteiger charge is 2.40. The van der Waals surface area contributed by atoms with Gasteiger partial charge >= 0.3 is 23.9 Å². The van der Waals surface area contributed by atoms with E-state index in [1.165, 1.54) is 103 Å². The maximum atomic E-state index is 13.6. The Hall–Kier alpha value is -0.360. The molecule has 0 unspecified atom stereocenters. The standard InChI is InChI=1S/C53H108N4O8.4BrH/c1-13-17-21-25-29-33-37-54(5,6)41-49(58)62-45-53(46-63-50(59)42-55(7,8)38-34-30-26-22-18-14-2,47-64-51(60)43-56(9,10)39-35-31-27-23-19-15-3)48-65-52(61)44-57(11,12)40-36-32-28-24-20-16-4;;;;/h13-48H2,1-12H3;4*1H/q+4;;;;/p-4. The van der Waals surface area contributed by atoms with E-state index in [1.807, 2.05) is 56.4 Å². The molecule has 0 saturated carbocycles. The van der Waals surface area contributed by atoms with Gasteiger partial charge in [-0.05, 0) is 51.4 Å². The molecule has 0 aliphatic heterocycles. The van der Waals surface area contributed by atoms with E-state index < -0.39 is 29.3 Å². The molecule has 69 heavy (non-hydrogen) atoms. The quantitative estimate of drug-likeness (QED) is 0.0297. The van der Waals surface area contributed by atoms with Gasteiger partial charge in [-0.2, -0.15) is 0 Å². The lowest BCUT2D eigenvalue weighted by Crippen LogP contribution is -3.00. The highest BCUT2D eigenvalue weighted by Crippen LogP contribution is 2.23.